The Balaban J connectivity index is 5.26. The fourth-order valence-electron chi connectivity index (χ4n) is 11.4. The summed E-state index contributed by atoms with van der Waals surface area (Å²) in [5, 5.41) is 10.6. The van der Waals surface area contributed by atoms with Crippen LogP contribution in [-0.4, -0.2) is 96.7 Å². The Morgan fingerprint density at radius 1 is 0.340 bits per heavy atom. The normalized spacial score (nSPS) is 14.4. The van der Waals surface area contributed by atoms with Crippen molar-refractivity contribution in [1.29, 1.82) is 0 Å². The summed E-state index contributed by atoms with van der Waals surface area (Å²) in [6.45, 7) is 9.47. The Bertz CT molecular complexity index is 1970. The van der Waals surface area contributed by atoms with Crippen LogP contribution in [0.2, 0.25) is 0 Å². The molecule has 0 heterocycles. The van der Waals surface area contributed by atoms with Gasteiger partial charge in [-0.2, -0.15) is 0 Å². The maximum atomic E-state index is 13.1. The second-order valence-electron chi connectivity index (χ2n) is 28.1. The lowest BCUT2D eigenvalue weighted by Gasteiger charge is -2.21. The van der Waals surface area contributed by atoms with Crippen LogP contribution in [0.3, 0.4) is 0 Å². The van der Waals surface area contributed by atoms with E-state index in [1.54, 1.807) is 0 Å². The summed E-state index contributed by atoms with van der Waals surface area (Å²) in [5.74, 6) is -0.676. The minimum Gasteiger partial charge on any atom is -0.462 e. The average molecular weight is 1420 g/mol. The maximum Gasteiger partial charge on any atom is 0.472 e. The Kier molecular flexibility index (Phi) is 67.5. The smallest absolute Gasteiger partial charge is 0.462 e. The maximum absolute atomic E-state index is 13.1. The number of allylic oxidation sites excluding steroid dienone is 4. The van der Waals surface area contributed by atoms with E-state index >= 15 is 0 Å². The zero-order valence-electron chi connectivity index (χ0n) is 62.9. The van der Waals surface area contributed by atoms with Crippen molar-refractivity contribution in [2.75, 3.05) is 39.6 Å². The molecule has 572 valence electrons. The third kappa shape index (κ3) is 70.4. The number of unbranched alkanes of at least 4 members (excludes halogenated alkanes) is 41. The van der Waals surface area contributed by atoms with E-state index < -0.39 is 97.5 Å². The van der Waals surface area contributed by atoms with Gasteiger partial charge in [0.05, 0.1) is 26.4 Å². The molecule has 0 saturated carbocycles. The molecule has 0 fully saturated rings. The molecule has 3 N–H and O–H groups in total. The summed E-state index contributed by atoms with van der Waals surface area (Å²) >= 11 is 0. The van der Waals surface area contributed by atoms with Crippen molar-refractivity contribution in [3.8, 4) is 0 Å². The van der Waals surface area contributed by atoms with Gasteiger partial charge in [0.25, 0.3) is 0 Å². The Morgan fingerprint density at radius 2 is 0.608 bits per heavy atom. The van der Waals surface area contributed by atoms with Gasteiger partial charge in [0, 0.05) is 25.7 Å². The summed E-state index contributed by atoms with van der Waals surface area (Å²) in [4.78, 5) is 72.8. The number of hydrogen-bond acceptors (Lipinski definition) is 15. The number of carbonyl (C=O) groups is 4. The van der Waals surface area contributed by atoms with Crippen molar-refractivity contribution in [2.45, 2.75) is 400 Å². The van der Waals surface area contributed by atoms with E-state index in [-0.39, 0.29) is 25.7 Å². The van der Waals surface area contributed by atoms with Crippen LogP contribution >= 0.6 is 15.6 Å². The van der Waals surface area contributed by atoms with Crippen LogP contribution in [0.15, 0.2) is 24.3 Å². The molecule has 0 aliphatic heterocycles. The predicted octanol–water partition coefficient (Wildman–Crippen LogP) is 22.7. The summed E-state index contributed by atoms with van der Waals surface area (Å²) in [6.07, 6.45) is 60.6. The van der Waals surface area contributed by atoms with Crippen molar-refractivity contribution >= 4 is 39.5 Å². The predicted molar refractivity (Wildman–Crippen MR) is 395 cm³/mol. The van der Waals surface area contributed by atoms with Crippen molar-refractivity contribution in [3.63, 3.8) is 0 Å². The van der Waals surface area contributed by atoms with E-state index in [0.717, 1.165) is 121 Å². The van der Waals surface area contributed by atoms with Crippen LogP contribution in [0, 0.1) is 11.8 Å². The zero-order valence-corrected chi connectivity index (χ0v) is 64.7. The van der Waals surface area contributed by atoms with Crippen LogP contribution in [0.5, 0.6) is 0 Å². The van der Waals surface area contributed by atoms with Crippen LogP contribution < -0.4 is 0 Å². The number of ether oxygens (including phenoxy) is 4. The van der Waals surface area contributed by atoms with Crippen LogP contribution in [0.4, 0.5) is 0 Å². The molecule has 97 heavy (non-hydrogen) atoms. The second kappa shape index (κ2) is 69.3. The van der Waals surface area contributed by atoms with E-state index in [1.165, 1.54) is 173 Å². The Labute approximate surface area is 592 Å². The number of aliphatic hydroxyl groups is 1. The molecule has 0 radical (unpaired) electrons. The van der Waals surface area contributed by atoms with Crippen molar-refractivity contribution in [2.24, 2.45) is 11.8 Å². The van der Waals surface area contributed by atoms with Crippen molar-refractivity contribution < 1.29 is 80.2 Å². The Hall–Kier alpha value is -2.46. The van der Waals surface area contributed by atoms with Gasteiger partial charge in [-0.05, 0) is 63.2 Å². The van der Waals surface area contributed by atoms with Crippen LogP contribution in [0.25, 0.3) is 0 Å². The molecule has 0 bridgehead atoms. The lowest BCUT2D eigenvalue weighted by Crippen LogP contribution is -2.30. The fraction of sp³-hybridized carbons (Fsp3) is 0.897. The van der Waals surface area contributed by atoms with E-state index in [0.29, 0.717) is 31.6 Å². The monoisotopic (exact) mass is 1420 g/mol. The largest absolute Gasteiger partial charge is 0.472 e. The van der Waals surface area contributed by atoms with Gasteiger partial charge in [0.2, 0.25) is 0 Å². The van der Waals surface area contributed by atoms with E-state index in [9.17, 15) is 43.2 Å². The summed E-state index contributed by atoms with van der Waals surface area (Å²) < 4.78 is 68.5. The first-order valence-electron chi connectivity index (χ1n) is 39.8. The third-order valence-electron chi connectivity index (χ3n) is 17.9. The molecule has 0 spiro atoms. The fourth-order valence-corrected chi connectivity index (χ4v) is 13.0. The highest BCUT2D eigenvalue weighted by atomic mass is 31.2. The van der Waals surface area contributed by atoms with Crippen molar-refractivity contribution in [3.05, 3.63) is 24.3 Å². The molecule has 0 aromatic heterocycles. The molecule has 0 amide bonds. The standard InChI is InChI=1S/C78H148O17P2/c1-7-10-12-14-16-18-20-22-24-25-26-27-28-30-32-34-36-43-50-56-62-77(82)94-73(66-88-75(80)60-54-48-42-35-33-31-29-23-21-19-17-15-13-11-8-2)68-92-96(84,85)90-64-72(79)65-91-97(86,87)93-69-74(67-89-76(81)61-55-49-45-39-40-46-52-58-70(4)5)95-78(83)63-57-51-44-38-37-41-47-53-59-71(6)9-3/h19,21,23,29,70-74,79H,7-18,20,22,24-28,30-69H2,1-6H3,(H,84,85)(H,86,87)/b21-19-,29-23-/t71?,72-,73-,74-/m1/s1. The van der Waals surface area contributed by atoms with Gasteiger partial charge in [-0.3, -0.25) is 37.3 Å². The number of phosphoric acid groups is 2. The molecular weight excluding hydrogens is 1270 g/mol. The van der Waals surface area contributed by atoms with Crippen LogP contribution in [0.1, 0.15) is 382 Å². The highest BCUT2D eigenvalue weighted by Crippen LogP contribution is 2.45. The topological polar surface area (TPSA) is 237 Å². The quantitative estimate of drug-likeness (QED) is 0.0169. The van der Waals surface area contributed by atoms with Gasteiger partial charge in [0.1, 0.15) is 19.3 Å². The van der Waals surface area contributed by atoms with Gasteiger partial charge in [-0.1, -0.05) is 329 Å². The first-order chi connectivity index (χ1) is 46.9. The molecular formula is C78H148O17P2. The molecule has 0 saturated heterocycles. The highest BCUT2D eigenvalue weighted by molar-refractivity contribution is 7.47. The first-order valence-corrected chi connectivity index (χ1v) is 42.8. The lowest BCUT2D eigenvalue weighted by atomic mass is 9.99. The summed E-state index contributed by atoms with van der Waals surface area (Å²) in [6, 6.07) is 0. The second-order valence-corrected chi connectivity index (χ2v) is 31.0. The lowest BCUT2D eigenvalue weighted by molar-refractivity contribution is -0.161. The van der Waals surface area contributed by atoms with Gasteiger partial charge >= 0.3 is 39.5 Å². The summed E-state index contributed by atoms with van der Waals surface area (Å²) in [7, 11) is -9.93. The van der Waals surface area contributed by atoms with Gasteiger partial charge in [0.15, 0.2) is 12.2 Å². The van der Waals surface area contributed by atoms with Crippen LogP contribution in [-0.2, 0) is 65.4 Å². The highest BCUT2D eigenvalue weighted by Gasteiger charge is 2.30. The first kappa shape index (κ1) is 94.5. The zero-order chi connectivity index (χ0) is 71.4. The number of hydrogen-bond donors (Lipinski definition) is 3. The van der Waals surface area contributed by atoms with E-state index in [1.807, 2.05) is 0 Å². The SMILES string of the molecule is CCCCCC/C=C\C=C/CCCCCCCC(=O)OC[C@H](COP(=O)(O)OC[C@@H](O)COP(=O)(O)OC[C@@H](COC(=O)CCCCCCCCCC(C)C)OC(=O)CCCCCCCCCCC(C)CC)OC(=O)CCCCCCCCCCCCCCCCCCCCCC. The third-order valence-corrected chi connectivity index (χ3v) is 19.8. The molecule has 0 aliphatic rings. The number of rotatable bonds is 75. The summed E-state index contributed by atoms with van der Waals surface area (Å²) in [5.41, 5.74) is 0. The molecule has 6 atom stereocenters. The minimum absolute atomic E-state index is 0.102. The number of carbonyl (C=O) groups excluding carboxylic acids is 4. The van der Waals surface area contributed by atoms with Gasteiger partial charge in [-0.15, -0.1) is 0 Å². The van der Waals surface area contributed by atoms with E-state index in [2.05, 4.69) is 65.8 Å². The van der Waals surface area contributed by atoms with E-state index in [4.69, 9.17) is 37.0 Å². The molecule has 0 rings (SSSR count). The Morgan fingerprint density at radius 3 is 0.928 bits per heavy atom. The molecule has 0 aliphatic carbocycles. The minimum atomic E-state index is -4.97. The molecule has 0 aromatic carbocycles. The number of esters is 4. The average Bonchev–Trinajstić information content (AvgIpc) is 1.16. The van der Waals surface area contributed by atoms with Crippen molar-refractivity contribution in [1.82, 2.24) is 0 Å². The van der Waals surface area contributed by atoms with Gasteiger partial charge < -0.3 is 33.8 Å². The van der Waals surface area contributed by atoms with Gasteiger partial charge in [-0.25, -0.2) is 9.13 Å². The number of aliphatic hydroxyl groups excluding tert-OH is 1. The molecule has 0 aromatic rings. The molecule has 17 nitrogen and oxygen atoms in total. The molecule has 19 heteroatoms. The number of phosphoric ester groups is 2. The molecule has 3 unspecified atom stereocenters.